The van der Waals surface area contributed by atoms with Crippen LogP contribution in [0.3, 0.4) is 0 Å². The van der Waals surface area contributed by atoms with Crippen LogP contribution in [0.2, 0.25) is 5.02 Å². The van der Waals surface area contributed by atoms with Crippen molar-refractivity contribution < 1.29 is 9.53 Å². The summed E-state index contributed by atoms with van der Waals surface area (Å²) in [4.78, 5) is 42.4. The molecular weight excluding hydrogens is 420 g/mol. The molecule has 1 aliphatic rings. The molecular formula is C22H21ClN4O4. The molecule has 0 spiro atoms. The molecule has 3 aromatic rings. The van der Waals surface area contributed by atoms with Crippen molar-refractivity contribution in [2.75, 3.05) is 36.5 Å². The Labute approximate surface area is 183 Å². The highest BCUT2D eigenvalue weighted by molar-refractivity contribution is 6.31. The van der Waals surface area contributed by atoms with Crippen molar-refractivity contribution in [2.45, 2.75) is 6.54 Å². The van der Waals surface area contributed by atoms with Crippen LogP contribution in [0.25, 0.3) is 0 Å². The second-order valence-corrected chi connectivity index (χ2v) is 7.50. The predicted molar refractivity (Wildman–Crippen MR) is 119 cm³/mol. The number of carbonyl (C=O) groups excluding carboxylic acids is 1. The van der Waals surface area contributed by atoms with Crippen molar-refractivity contribution in [1.29, 1.82) is 0 Å². The third-order valence-electron chi connectivity index (χ3n) is 5.09. The third kappa shape index (κ3) is 4.70. The van der Waals surface area contributed by atoms with Crippen molar-refractivity contribution in [3.8, 4) is 0 Å². The van der Waals surface area contributed by atoms with Crippen molar-refractivity contribution >= 4 is 28.9 Å². The number of nitrogens with one attached hydrogen (secondary N) is 2. The molecule has 1 fully saturated rings. The monoisotopic (exact) mass is 440 g/mol. The molecule has 31 heavy (non-hydrogen) atoms. The van der Waals surface area contributed by atoms with E-state index in [1.165, 1.54) is 0 Å². The molecule has 0 bridgehead atoms. The van der Waals surface area contributed by atoms with Crippen molar-refractivity contribution in [2.24, 2.45) is 0 Å². The van der Waals surface area contributed by atoms with Gasteiger partial charge in [0.05, 0.1) is 19.8 Å². The Morgan fingerprint density at radius 2 is 1.77 bits per heavy atom. The molecule has 0 radical (unpaired) electrons. The Morgan fingerprint density at radius 1 is 1.06 bits per heavy atom. The lowest BCUT2D eigenvalue weighted by molar-refractivity contribution is 0.102. The quantitative estimate of drug-likeness (QED) is 0.634. The van der Waals surface area contributed by atoms with E-state index < -0.39 is 17.2 Å². The summed E-state index contributed by atoms with van der Waals surface area (Å²) in [5.41, 5.74) is 0.720. The summed E-state index contributed by atoms with van der Waals surface area (Å²) in [6, 6.07) is 14.3. The van der Waals surface area contributed by atoms with E-state index in [4.69, 9.17) is 16.3 Å². The fourth-order valence-corrected chi connectivity index (χ4v) is 3.59. The first kappa shape index (κ1) is 20.9. The van der Waals surface area contributed by atoms with Gasteiger partial charge in [-0.05, 0) is 35.9 Å². The first-order valence-electron chi connectivity index (χ1n) is 9.83. The lowest BCUT2D eigenvalue weighted by atomic mass is 10.2. The molecule has 4 rings (SSSR count). The number of halogens is 1. The first-order valence-corrected chi connectivity index (χ1v) is 10.2. The van der Waals surface area contributed by atoms with Gasteiger partial charge in [-0.3, -0.25) is 14.2 Å². The predicted octanol–water partition coefficient (Wildman–Crippen LogP) is 2.33. The van der Waals surface area contributed by atoms with Crippen LogP contribution in [0.1, 0.15) is 15.9 Å². The summed E-state index contributed by atoms with van der Waals surface area (Å²) >= 11 is 6.14. The molecule has 0 aliphatic carbocycles. The Kier molecular flexibility index (Phi) is 6.20. The van der Waals surface area contributed by atoms with Gasteiger partial charge < -0.3 is 19.9 Å². The number of nitrogens with zero attached hydrogens (tertiary/aromatic N) is 2. The topological polar surface area (TPSA) is 96.4 Å². The van der Waals surface area contributed by atoms with Gasteiger partial charge in [-0.1, -0.05) is 29.8 Å². The molecule has 0 unspecified atom stereocenters. The molecule has 1 aromatic heterocycles. The molecule has 1 amide bonds. The van der Waals surface area contributed by atoms with Crippen molar-refractivity contribution in [3.05, 3.63) is 91.7 Å². The Bertz CT molecular complexity index is 1200. The van der Waals surface area contributed by atoms with Crippen molar-refractivity contribution in [1.82, 2.24) is 9.55 Å². The van der Waals surface area contributed by atoms with E-state index in [2.05, 4.69) is 15.2 Å². The minimum Gasteiger partial charge on any atom is -0.378 e. The number of hydrogen-bond acceptors (Lipinski definition) is 5. The number of anilines is 2. The zero-order chi connectivity index (χ0) is 21.8. The number of rotatable bonds is 5. The maximum Gasteiger partial charge on any atom is 0.328 e. The number of ether oxygens (including phenoxy) is 1. The summed E-state index contributed by atoms with van der Waals surface area (Å²) < 4.78 is 6.31. The lowest BCUT2D eigenvalue weighted by Crippen LogP contribution is -2.39. The molecule has 2 aromatic carbocycles. The maximum atomic E-state index is 12.8. The van der Waals surface area contributed by atoms with E-state index in [0.29, 0.717) is 29.5 Å². The van der Waals surface area contributed by atoms with Gasteiger partial charge in [-0.15, -0.1) is 0 Å². The maximum absolute atomic E-state index is 12.8. The Morgan fingerprint density at radius 3 is 2.48 bits per heavy atom. The average molecular weight is 441 g/mol. The molecule has 160 valence electrons. The van der Waals surface area contributed by atoms with E-state index >= 15 is 0 Å². The minimum absolute atomic E-state index is 0.0385. The normalized spacial score (nSPS) is 13.8. The highest BCUT2D eigenvalue weighted by Crippen LogP contribution is 2.19. The molecule has 2 N–H and O–H groups in total. The van der Waals surface area contributed by atoms with Crippen LogP contribution < -0.4 is 21.5 Å². The van der Waals surface area contributed by atoms with Gasteiger partial charge in [-0.25, -0.2) is 4.79 Å². The summed E-state index contributed by atoms with van der Waals surface area (Å²) in [5.74, 6) is -0.603. The third-order valence-corrected chi connectivity index (χ3v) is 5.46. The van der Waals surface area contributed by atoms with Gasteiger partial charge in [0.15, 0.2) is 0 Å². The fraction of sp³-hybridized carbons (Fsp3) is 0.227. The van der Waals surface area contributed by atoms with Crippen molar-refractivity contribution in [3.63, 3.8) is 0 Å². The van der Waals surface area contributed by atoms with Crippen LogP contribution in [-0.2, 0) is 11.3 Å². The van der Waals surface area contributed by atoms with Crippen LogP contribution in [0.15, 0.2) is 64.3 Å². The molecule has 9 heteroatoms. The fourth-order valence-electron chi connectivity index (χ4n) is 3.39. The van der Waals surface area contributed by atoms with Gasteiger partial charge in [-0.2, -0.15) is 0 Å². The Balaban J connectivity index is 1.53. The van der Waals surface area contributed by atoms with Gasteiger partial charge >= 0.3 is 5.69 Å². The Hall–Kier alpha value is -3.36. The van der Waals surface area contributed by atoms with Crippen LogP contribution in [0.4, 0.5) is 11.4 Å². The van der Waals surface area contributed by atoms with Gasteiger partial charge in [0.2, 0.25) is 0 Å². The number of morpholine rings is 1. The number of amides is 1. The SMILES string of the molecule is O=C(Nc1ccc(N2CCOCC2)cc1)c1c[nH]c(=O)n(Cc2ccccc2Cl)c1=O. The van der Waals surface area contributed by atoms with E-state index in [9.17, 15) is 14.4 Å². The largest absolute Gasteiger partial charge is 0.378 e. The molecule has 2 heterocycles. The second kappa shape index (κ2) is 9.20. The number of H-pyrrole nitrogens is 1. The average Bonchev–Trinajstić information content (AvgIpc) is 2.79. The summed E-state index contributed by atoms with van der Waals surface area (Å²) in [6.07, 6.45) is 1.13. The van der Waals surface area contributed by atoms with Crippen LogP contribution >= 0.6 is 11.6 Å². The van der Waals surface area contributed by atoms with E-state index in [-0.39, 0.29) is 12.1 Å². The van der Waals surface area contributed by atoms with E-state index in [1.807, 2.05) is 12.1 Å². The summed E-state index contributed by atoms with van der Waals surface area (Å²) in [5, 5.41) is 3.14. The number of aromatic amines is 1. The molecule has 1 aliphatic heterocycles. The van der Waals surface area contributed by atoms with Crippen LogP contribution in [0, 0.1) is 0 Å². The highest BCUT2D eigenvalue weighted by atomic mass is 35.5. The van der Waals surface area contributed by atoms with E-state index in [1.54, 1.807) is 36.4 Å². The number of carbonyl (C=O) groups is 1. The second-order valence-electron chi connectivity index (χ2n) is 7.09. The highest BCUT2D eigenvalue weighted by Gasteiger charge is 2.16. The minimum atomic E-state index is -0.689. The number of benzene rings is 2. The van der Waals surface area contributed by atoms with E-state index in [0.717, 1.165) is 29.5 Å². The standard InChI is InChI=1S/C22H21ClN4O4/c23-19-4-2-1-3-15(19)14-27-21(29)18(13-24-22(27)30)20(28)25-16-5-7-17(8-6-16)26-9-11-31-12-10-26/h1-8,13H,9-12,14H2,(H,24,30)(H,25,28). The number of hydrogen-bond donors (Lipinski definition) is 2. The molecule has 0 atom stereocenters. The van der Waals surface area contributed by atoms with Crippen LogP contribution in [0.5, 0.6) is 0 Å². The lowest BCUT2D eigenvalue weighted by Gasteiger charge is -2.28. The summed E-state index contributed by atoms with van der Waals surface area (Å²) in [6.45, 7) is 2.96. The van der Waals surface area contributed by atoms with Crippen LogP contribution in [-0.4, -0.2) is 41.8 Å². The van der Waals surface area contributed by atoms with Gasteiger partial charge in [0.25, 0.3) is 11.5 Å². The molecule has 1 saturated heterocycles. The molecule has 0 saturated carbocycles. The molecule has 8 nitrogen and oxygen atoms in total. The zero-order valence-corrected chi connectivity index (χ0v) is 17.4. The smallest absolute Gasteiger partial charge is 0.328 e. The van der Waals surface area contributed by atoms with Gasteiger partial charge in [0, 0.05) is 35.7 Å². The van der Waals surface area contributed by atoms with Gasteiger partial charge in [0.1, 0.15) is 5.56 Å². The number of aromatic nitrogens is 2. The first-order chi connectivity index (χ1) is 15.0. The summed E-state index contributed by atoms with van der Waals surface area (Å²) in [7, 11) is 0. The zero-order valence-electron chi connectivity index (χ0n) is 16.6.